The number of rotatable bonds is 6. The van der Waals surface area contributed by atoms with Crippen LogP contribution >= 0.6 is 11.6 Å². The molecule has 0 aromatic heterocycles. The molecule has 3 nitrogen and oxygen atoms in total. The summed E-state index contributed by atoms with van der Waals surface area (Å²) in [6.45, 7) is 4.34. The second kappa shape index (κ2) is 6.76. The fourth-order valence-corrected chi connectivity index (χ4v) is 1.66. The molecule has 0 fully saturated rings. The summed E-state index contributed by atoms with van der Waals surface area (Å²) >= 11 is 6.02. The normalized spacial score (nSPS) is 11.3. The van der Waals surface area contributed by atoms with E-state index in [1.165, 1.54) is 0 Å². The van der Waals surface area contributed by atoms with Gasteiger partial charge in [-0.15, -0.1) is 0 Å². The number of halogens is 1. The number of aryl methyl sites for hydroxylation is 1. The van der Waals surface area contributed by atoms with Crippen LogP contribution in [0.5, 0.6) is 0 Å². The van der Waals surface area contributed by atoms with Crippen LogP contribution in [0.1, 0.15) is 25.8 Å². The standard InChI is InChI=1S/C14H20ClNO2/c1-14(2,10-17)9-16-13(18)8-7-11-5-3-4-6-12(11)15/h3-6,17H,7-10H2,1-2H3,(H,16,18). The van der Waals surface area contributed by atoms with Gasteiger partial charge in [-0.2, -0.15) is 0 Å². The molecule has 0 aliphatic carbocycles. The maximum absolute atomic E-state index is 11.7. The van der Waals surface area contributed by atoms with Crippen LogP contribution < -0.4 is 5.32 Å². The largest absolute Gasteiger partial charge is 0.396 e. The van der Waals surface area contributed by atoms with Crippen LogP contribution in [0.3, 0.4) is 0 Å². The number of benzene rings is 1. The molecular weight excluding hydrogens is 250 g/mol. The zero-order valence-electron chi connectivity index (χ0n) is 10.9. The van der Waals surface area contributed by atoms with E-state index < -0.39 is 0 Å². The molecule has 0 heterocycles. The monoisotopic (exact) mass is 269 g/mol. The van der Waals surface area contributed by atoms with E-state index in [0.717, 1.165) is 5.56 Å². The van der Waals surface area contributed by atoms with E-state index in [-0.39, 0.29) is 17.9 Å². The van der Waals surface area contributed by atoms with Gasteiger partial charge in [0.15, 0.2) is 0 Å². The molecule has 100 valence electrons. The third-order valence-corrected chi connectivity index (χ3v) is 3.14. The smallest absolute Gasteiger partial charge is 0.220 e. The Labute approximate surface area is 113 Å². The number of nitrogens with one attached hydrogen (secondary N) is 1. The van der Waals surface area contributed by atoms with Crippen LogP contribution in [0.2, 0.25) is 5.02 Å². The van der Waals surface area contributed by atoms with E-state index in [4.69, 9.17) is 16.7 Å². The summed E-state index contributed by atoms with van der Waals surface area (Å²) in [5.41, 5.74) is 0.704. The van der Waals surface area contributed by atoms with Crippen LogP contribution in [0, 0.1) is 5.41 Å². The van der Waals surface area contributed by atoms with Crippen molar-refractivity contribution in [1.29, 1.82) is 0 Å². The van der Waals surface area contributed by atoms with Gasteiger partial charge in [-0.05, 0) is 18.1 Å². The van der Waals surface area contributed by atoms with Gasteiger partial charge < -0.3 is 10.4 Å². The molecule has 0 aliphatic heterocycles. The molecule has 1 rings (SSSR count). The van der Waals surface area contributed by atoms with Crippen molar-refractivity contribution in [2.24, 2.45) is 5.41 Å². The molecule has 2 N–H and O–H groups in total. The Morgan fingerprint density at radius 2 is 2.06 bits per heavy atom. The first kappa shape index (κ1) is 15.0. The van der Waals surface area contributed by atoms with Crippen molar-refractivity contribution in [2.45, 2.75) is 26.7 Å². The van der Waals surface area contributed by atoms with Crippen molar-refractivity contribution in [2.75, 3.05) is 13.2 Å². The van der Waals surface area contributed by atoms with Gasteiger partial charge >= 0.3 is 0 Å². The quantitative estimate of drug-likeness (QED) is 0.833. The van der Waals surface area contributed by atoms with E-state index in [1.807, 2.05) is 38.1 Å². The van der Waals surface area contributed by atoms with E-state index in [0.29, 0.717) is 24.4 Å². The maximum atomic E-state index is 11.7. The summed E-state index contributed by atoms with van der Waals surface area (Å²) in [5, 5.41) is 12.6. The van der Waals surface area contributed by atoms with Crippen LogP contribution in [0.25, 0.3) is 0 Å². The molecule has 0 atom stereocenters. The highest BCUT2D eigenvalue weighted by Gasteiger charge is 2.17. The molecule has 0 radical (unpaired) electrons. The van der Waals surface area contributed by atoms with Gasteiger partial charge in [0.25, 0.3) is 0 Å². The summed E-state index contributed by atoms with van der Waals surface area (Å²) in [6.07, 6.45) is 1.04. The van der Waals surface area contributed by atoms with Crippen LogP contribution in [-0.4, -0.2) is 24.2 Å². The Kier molecular flexibility index (Phi) is 5.63. The lowest BCUT2D eigenvalue weighted by Gasteiger charge is -2.21. The molecule has 18 heavy (non-hydrogen) atoms. The highest BCUT2D eigenvalue weighted by molar-refractivity contribution is 6.31. The van der Waals surface area contributed by atoms with Crippen LogP contribution in [-0.2, 0) is 11.2 Å². The topological polar surface area (TPSA) is 49.3 Å². The van der Waals surface area contributed by atoms with Crippen LogP contribution in [0.15, 0.2) is 24.3 Å². The Balaban J connectivity index is 2.36. The van der Waals surface area contributed by atoms with Crippen LogP contribution in [0.4, 0.5) is 0 Å². The molecule has 0 bridgehead atoms. The van der Waals surface area contributed by atoms with Crippen molar-refractivity contribution in [3.8, 4) is 0 Å². The minimum atomic E-state index is -0.278. The highest BCUT2D eigenvalue weighted by Crippen LogP contribution is 2.16. The molecule has 0 saturated heterocycles. The van der Waals surface area contributed by atoms with Gasteiger partial charge in [0, 0.05) is 30.0 Å². The van der Waals surface area contributed by atoms with Crippen molar-refractivity contribution in [3.05, 3.63) is 34.9 Å². The summed E-state index contributed by atoms with van der Waals surface area (Å²) < 4.78 is 0. The van der Waals surface area contributed by atoms with Gasteiger partial charge in [-0.1, -0.05) is 43.6 Å². The predicted molar refractivity (Wildman–Crippen MR) is 73.6 cm³/mol. The first-order chi connectivity index (χ1) is 8.44. The first-order valence-electron chi connectivity index (χ1n) is 6.05. The Morgan fingerprint density at radius 1 is 1.39 bits per heavy atom. The Hall–Kier alpha value is -1.06. The summed E-state index contributed by atoms with van der Waals surface area (Å²) in [4.78, 5) is 11.7. The Bertz CT molecular complexity index is 405. The van der Waals surface area contributed by atoms with E-state index in [1.54, 1.807) is 0 Å². The SMILES string of the molecule is CC(C)(CO)CNC(=O)CCc1ccccc1Cl. The van der Waals surface area contributed by atoms with E-state index in [9.17, 15) is 4.79 Å². The lowest BCUT2D eigenvalue weighted by Crippen LogP contribution is -2.36. The minimum Gasteiger partial charge on any atom is -0.396 e. The van der Waals surface area contributed by atoms with Crippen molar-refractivity contribution < 1.29 is 9.90 Å². The number of aliphatic hydroxyl groups excluding tert-OH is 1. The van der Waals surface area contributed by atoms with E-state index >= 15 is 0 Å². The third kappa shape index (κ3) is 5.07. The van der Waals surface area contributed by atoms with E-state index in [2.05, 4.69) is 5.32 Å². The maximum Gasteiger partial charge on any atom is 0.220 e. The second-order valence-corrected chi connectivity index (χ2v) is 5.60. The second-order valence-electron chi connectivity index (χ2n) is 5.19. The first-order valence-corrected chi connectivity index (χ1v) is 6.43. The summed E-state index contributed by atoms with van der Waals surface area (Å²) in [5.74, 6) is -0.0172. The average Bonchev–Trinajstić information content (AvgIpc) is 2.35. The molecule has 1 aromatic rings. The summed E-state index contributed by atoms with van der Waals surface area (Å²) in [7, 11) is 0. The number of hydrogen-bond acceptors (Lipinski definition) is 2. The number of amides is 1. The van der Waals surface area contributed by atoms with Gasteiger partial charge in [0.05, 0.1) is 0 Å². The van der Waals surface area contributed by atoms with Crippen molar-refractivity contribution in [3.63, 3.8) is 0 Å². The number of carbonyl (C=O) groups excluding carboxylic acids is 1. The van der Waals surface area contributed by atoms with Crippen molar-refractivity contribution in [1.82, 2.24) is 5.32 Å². The minimum absolute atomic E-state index is 0.0172. The average molecular weight is 270 g/mol. The van der Waals surface area contributed by atoms with Gasteiger partial charge in [0.1, 0.15) is 0 Å². The zero-order valence-corrected chi connectivity index (χ0v) is 11.6. The fourth-order valence-electron chi connectivity index (χ4n) is 1.43. The summed E-state index contributed by atoms with van der Waals surface area (Å²) in [6, 6.07) is 7.53. The molecule has 0 spiro atoms. The molecule has 0 aliphatic rings. The fraction of sp³-hybridized carbons (Fsp3) is 0.500. The van der Waals surface area contributed by atoms with Gasteiger partial charge in [-0.3, -0.25) is 4.79 Å². The molecule has 0 unspecified atom stereocenters. The molecule has 0 saturated carbocycles. The highest BCUT2D eigenvalue weighted by atomic mass is 35.5. The lowest BCUT2D eigenvalue weighted by atomic mass is 9.95. The van der Waals surface area contributed by atoms with Gasteiger partial charge in [0.2, 0.25) is 5.91 Å². The zero-order chi connectivity index (χ0) is 13.6. The van der Waals surface area contributed by atoms with Gasteiger partial charge in [-0.25, -0.2) is 0 Å². The molecular formula is C14H20ClNO2. The molecule has 1 amide bonds. The predicted octanol–water partition coefficient (Wildman–Crippen LogP) is 2.41. The number of hydrogen-bond donors (Lipinski definition) is 2. The Morgan fingerprint density at radius 3 is 2.67 bits per heavy atom. The molecule has 1 aromatic carbocycles. The number of carbonyl (C=O) groups is 1. The molecule has 4 heteroatoms. The van der Waals surface area contributed by atoms with Crippen molar-refractivity contribution >= 4 is 17.5 Å². The lowest BCUT2D eigenvalue weighted by molar-refractivity contribution is -0.121. The third-order valence-electron chi connectivity index (χ3n) is 2.77. The number of aliphatic hydroxyl groups is 1.